The van der Waals surface area contributed by atoms with E-state index in [1.807, 2.05) is 11.6 Å². The summed E-state index contributed by atoms with van der Waals surface area (Å²) in [7, 11) is 0. The number of aromatic nitrogens is 2. The van der Waals surface area contributed by atoms with Crippen molar-refractivity contribution in [1.29, 1.82) is 0 Å². The first-order chi connectivity index (χ1) is 9.77. The quantitative estimate of drug-likeness (QED) is 0.905. The number of benzene rings is 1. The molecule has 0 fully saturated rings. The fourth-order valence-electron chi connectivity index (χ4n) is 2.65. The van der Waals surface area contributed by atoms with Gasteiger partial charge in [-0.3, -0.25) is 4.68 Å². The van der Waals surface area contributed by atoms with Crippen molar-refractivity contribution in [2.24, 2.45) is 0 Å². The molecule has 2 rings (SSSR count). The van der Waals surface area contributed by atoms with Crippen LogP contribution >= 0.6 is 0 Å². The van der Waals surface area contributed by atoms with Gasteiger partial charge in [0.25, 0.3) is 0 Å². The number of aromatic hydroxyl groups is 1. The van der Waals surface area contributed by atoms with E-state index in [-0.39, 0.29) is 5.54 Å². The van der Waals surface area contributed by atoms with Crippen LogP contribution in [0.5, 0.6) is 5.75 Å². The average Bonchev–Trinajstić information content (AvgIpc) is 2.74. The van der Waals surface area contributed by atoms with E-state index in [9.17, 15) is 5.11 Å². The standard InChI is InChI=1S/C18H26N2O/c1-7-13-9-14(8-2)11-15(10-13)16-17(21)12(3)20(19-16)18(4,5)6/h9-11,21H,7-8H2,1-6H3. The van der Waals surface area contributed by atoms with Crippen molar-refractivity contribution in [3.63, 3.8) is 0 Å². The maximum atomic E-state index is 10.5. The Balaban J connectivity index is 2.62. The summed E-state index contributed by atoms with van der Waals surface area (Å²) in [5.41, 5.74) is 4.94. The van der Waals surface area contributed by atoms with Crippen LogP contribution < -0.4 is 0 Å². The molecule has 1 aromatic heterocycles. The minimum atomic E-state index is -0.143. The summed E-state index contributed by atoms with van der Waals surface area (Å²) in [6.45, 7) is 12.5. The molecule has 0 aliphatic rings. The molecule has 0 spiro atoms. The summed E-state index contributed by atoms with van der Waals surface area (Å²) in [5.74, 6) is 0.292. The normalized spacial score (nSPS) is 11.9. The number of rotatable bonds is 3. The molecule has 114 valence electrons. The lowest BCUT2D eigenvalue weighted by Gasteiger charge is -2.20. The third-order valence-electron chi connectivity index (χ3n) is 3.86. The molecule has 1 heterocycles. The highest BCUT2D eigenvalue weighted by Gasteiger charge is 2.23. The number of nitrogens with zero attached hydrogens (tertiary/aromatic N) is 2. The van der Waals surface area contributed by atoms with Crippen LogP contribution in [-0.4, -0.2) is 14.9 Å². The predicted molar refractivity (Wildman–Crippen MR) is 87.8 cm³/mol. The first-order valence-corrected chi connectivity index (χ1v) is 7.70. The van der Waals surface area contributed by atoms with Crippen molar-refractivity contribution in [2.75, 3.05) is 0 Å². The smallest absolute Gasteiger partial charge is 0.164 e. The fourth-order valence-corrected chi connectivity index (χ4v) is 2.65. The summed E-state index contributed by atoms with van der Waals surface area (Å²) in [6.07, 6.45) is 1.97. The van der Waals surface area contributed by atoms with Crippen molar-refractivity contribution >= 4 is 0 Å². The van der Waals surface area contributed by atoms with Gasteiger partial charge >= 0.3 is 0 Å². The second-order valence-corrected chi connectivity index (χ2v) is 6.61. The highest BCUT2D eigenvalue weighted by molar-refractivity contribution is 5.68. The maximum Gasteiger partial charge on any atom is 0.164 e. The molecule has 0 bridgehead atoms. The molecule has 2 aromatic rings. The minimum Gasteiger partial charge on any atom is -0.504 e. The SMILES string of the molecule is CCc1cc(CC)cc(-c2nn(C(C)(C)C)c(C)c2O)c1. The zero-order valence-corrected chi connectivity index (χ0v) is 14.0. The van der Waals surface area contributed by atoms with Gasteiger partial charge in [-0.05, 0) is 63.8 Å². The van der Waals surface area contributed by atoms with Gasteiger partial charge in [-0.2, -0.15) is 5.10 Å². The minimum absolute atomic E-state index is 0.143. The molecule has 0 saturated carbocycles. The number of aryl methyl sites for hydroxylation is 2. The third-order valence-corrected chi connectivity index (χ3v) is 3.86. The Morgan fingerprint density at radius 1 is 1.05 bits per heavy atom. The summed E-state index contributed by atoms with van der Waals surface area (Å²) < 4.78 is 1.90. The molecule has 0 atom stereocenters. The van der Waals surface area contributed by atoms with Crippen LogP contribution in [0.3, 0.4) is 0 Å². The van der Waals surface area contributed by atoms with Crippen molar-refractivity contribution in [1.82, 2.24) is 9.78 Å². The lowest BCUT2D eigenvalue weighted by Crippen LogP contribution is -2.24. The van der Waals surface area contributed by atoms with E-state index < -0.39 is 0 Å². The van der Waals surface area contributed by atoms with Gasteiger partial charge < -0.3 is 5.11 Å². The molecule has 21 heavy (non-hydrogen) atoms. The zero-order chi connectivity index (χ0) is 15.8. The molecular weight excluding hydrogens is 260 g/mol. The van der Waals surface area contributed by atoms with E-state index in [2.05, 4.69) is 57.9 Å². The Morgan fingerprint density at radius 2 is 1.57 bits per heavy atom. The van der Waals surface area contributed by atoms with Crippen LogP contribution in [0.15, 0.2) is 18.2 Å². The summed E-state index contributed by atoms with van der Waals surface area (Å²) in [5, 5.41) is 15.1. The van der Waals surface area contributed by atoms with Crippen LogP contribution in [0.4, 0.5) is 0 Å². The molecule has 0 saturated heterocycles. The lowest BCUT2D eigenvalue weighted by atomic mass is 10.0. The first-order valence-electron chi connectivity index (χ1n) is 7.70. The molecule has 1 aromatic carbocycles. The Kier molecular flexibility index (Phi) is 4.13. The van der Waals surface area contributed by atoms with Crippen LogP contribution in [0.2, 0.25) is 0 Å². The Bertz CT molecular complexity index is 626. The molecule has 0 radical (unpaired) electrons. The molecule has 3 heteroatoms. The van der Waals surface area contributed by atoms with E-state index >= 15 is 0 Å². The van der Waals surface area contributed by atoms with Gasteiger partial charge in [-0.25, -0.2) is 0 Å². The molecule has 0 aliphatic carbocycles. The van der Waals surface area contributed by atoms with Gasteiger partial charge in [0.1, 0.15) is 5.69 Å². The lowest BCUT2D eigenvalue weighted by molar-refractivity contribution is 0.345. The van der Waals surface area contributed by atoms with Gasteiger partial charge in [0, 0.05) is 5.56 Å². The average molecular weight is 286 g/mol. The fraction of sp³-hybridized carbons (Fsp3) is 0.500. The number of hydrogen-bond donors (Lipinski definition) is 1. The highest BCUT2D eigenvalue weighted by atomic mass is 16.3. The van der Waals surface area contributed by atoms with E-state index in [0.29, 0.717) is 11.4 Å². The largest absolute Gasteiger partial charge is 0.504 e. The maximum absolute atomic E-state index is 10.5. The van der Waals surface area contributed by atoms with Gasteiger partial charge in [0.2, 0.25) is 0 Å². The predicted octanol–water partition coefficient (Wildman–Crippen LogP) is 4.44. The van der Waals surface area contributed by atoms with E-state index in [1.54, 1.807) is 0 Å². The van der Waals surface area contributed by atoms with Crippen molar-refractivity contribution in [2.45, 2.75) is 59.9 Å². The monoisotopic (exact) mass is 286 g/mol. The second-order valence-electron chi connectivity index (χ2n) is 6.61. The molecule has 1 N–H and O–H groups in total. The Labute approximate surface area is 127 Å². The molecular formula is C18H26N2O. The Hall–Kier alpha value is -1.77. The second kappa shape index (κ2) is 5.55. The molecule has 0 unspecified atom stereocenters. The van der Waals surface area contributed by atoms with Crippen LogP contribution in [0, 0.1) is 6.92 Å². The zero-order valence-electron chi connectivity index (χ0n) is 14.0. The Morgan fingerprint density at radius 3 is 1.95 bits per heavy atom. The van der Waals surface area contributed by atoms with Gasteiger partial charge in [0.05, 0.1) is 11.2 Å². The van der Waals surface area contributed by atoms with Gasteiger partial charge in [-0.15, -0.1) is 0 Å². The highest BCUT2D eigenvalue weighted by Crippen LogP contribution is 2.34. The van der Waals surface area contributed by atoms with Crippen molar-refractivity contribution < 1.29 is 5.11 Å². The van der Waals surface area contributed by atoms with Crippen LogP contribution in [0.1, 0.15) is 51.4 Å². The summed E-state index contributed by atoms with van der Waals surface area (Å²) >= 11 is 0. The summed E-state index contributed by atoms with van der Waals surface area (Å²) in [6, 6.07) is 6.50. The van der Waals surface area contributed by atoms with Crippen LogP contribution in [0.25, 0.3) is 11.3 Å². The third kappa shape index (κ3) is 2.97. The van der Waals surface area contributed by atoms with Crippen LogP contribution in [-0.2, 0) is 18.4 Å². The van der Waals surface area contributed by atoms with Crippen molar-refractivity contribution in [3.8, 4) is 17.0 Å². The molecule has 0 amide bonds. The van der Waals surface area contributed by atoms with Gasteiger partial charge in [-0.1, -0.05) is 19.9 Å². The molecule has 3 nitrogen and oxygen atoms in total. The first kappa shape index (κ1) is 15.6. The topological polar surface area (TPSA) is 38.0 Å². The van der Waals surface area contributed by atoms with E-state index in [1.165, 1.54) is 11.1 Å². The van der Waals surface area contributed by atoms with Gasteiger partial charge in [0.15, 0.2) is 5.75 Å². The van der Waals surface area contributed by atoms with E-state index in [4.69, 9.17) is 0 Å². The molecule has 0 aliphatic heterocycles. The van der Waals surface area contributed by atoms with E-state index in [0.717, 1.165) is 24.1 Å². The van der Waals surface area contributed by atoms with Crippen molar-refractivity contribution in [3.05, 3.63) is 35.0 Å². The number of hydrogen-bond acceptors (Lipinski definition) is 2. The summed E-state index contributed by atoms with van der Waals surface area (Å²) in [4.78, 5) is 0.